The molecule has 1 N–H and O–H groups in total. The second kappa shape index (κ2) is 7.29. The van der Waals surface area contributed by atoms with Crippen molar-refractivity contribution in [3.8, 4) is 0 Å². The molecule has 4 nitrogen and oxygen atoms in total. The van der Waals surface area contributed by atoms with E-state index in [4.69, 9.17) is 4.74 Å². The van der Waals surface area contributed by atoms with Gasteiger partial charge in [0.1, 0.15) is 10.6 Å². The maximum Gasteiger partial charge on any atom is 0.307 e. The summed E-state index contributed by atoms with van der Waals surface area (Å²) >= 11 is 1.81. The van der Waals surface area contributed by atoms with Crippen LogP contribution in [0.3, 0.4) is 0 Å². The van der Waals surface area contributed by atoms with Crippen LogP contribution in [0.25, 0.3) is 0 Å². The van der Waals surface area contributed by atoms with Crippen LogP contribution >= 0.6 is 15.9 Å². The van der Waals surface area contributed by atoms with E-state index >= 15 is 0 Å². The molecule has 2 atom stereocenters. The molecule has 0 bridgehead atoms. The highest BCUT2D eigenvalue weighted by Gasteiger charge is 2.40. The number of methoxy groups -OCH3 is 1. The van der Waals surface area contributed by atoms with Gasteiger partial charge in [0.2, 0.25) is 0 Å². The Kier molecular flexibility index (Phi) is 6.44. The maximum absolute atomic E-state index is 14.3. The highest BCUT2D eigenvalue weighted by molar-refractivity contribution is 9.10. The molecule has 0 aromatic heterocycles. The molecule has 1 rings (SSSR count). The molecule has 0 radical (unpaired) electrons. The lowest BCUT2D eigenvalue weighted by Crippen LogP contribution is -2.51. The van der Waals surface area contributed by atoms with Crippen LogP contribution in [0.5, 0.6) is 0 Å². The predicted octanol–water partition coefficient (Wildman–Crippen LogP) is 3.42. The van der Waals surface area contributed by atoms with Crippen molar-refractivity contribution in [3.05, 3.63) is 34.1 Å². The quantitative estimate of drug-likeness (QED) is 0.614. The molecule has 0 unspecified atom stereocenters. The van der Waals surface area contributed by atoms with Crippen molar-refractivity contribution in [1.82, 2.24) is 4.72 Å². The summed E-state index contributed by atoms with van der Waals surface area (Å²) in [5.74, 6) is -0.992. The third-order valence-electron chi connectivity index (χ3n) is 3.12. The van der Waals surface area contributed by atoms with E-state index in [9.17, 15) is 13.7 Å². The fraction of sp³-hybridized carbons (Fsp3) is 0.533. The summed E-state index contributed by atoms with van der Waals surface area (Å²) in [4.78, 5) is 11.7. The molecular formula is C15H21BrFNO3S. The van der Waals surface area contributed by atoms with Gasteiger partial charge in [-0.2, -0.15) is 0 Å². The molecule has 0 heterocycles. The standard InChI is InChI=1S/C15H21BrFNO3S/c1-14(2,3)22(20)18-15(4,9-13(19)21-5)11-8-10(16)6-7-12(11)17/h6-8,18H,9H2,1-5H3/t15-,22+/m0/s1. The van der Waals surface area contributed by atoms with Crippen LogP contribution in [0.4, 0.5) is 4.39 Å². The van der Waals surface area contributed by atoms with Crippen molar-refractivity contribution in [2.24, 2.45) is 0 Å². The van der Waals surface area contributed by atoms with E-state index in [0.717, 1.165) is 0 Å². The fourth-order valence-electron chi connectivity index (χ4n) is 1.83. The fourth-order valence-corrected chi connectivity index (χ4v) is 3.08. The number of rotatable bonds is 5. The number of esters is 1. The predicted molar refractivity (Wildman–Crippen MR) is 89.1 cm³/mol. The number of nitrogens with one attached hydrogen (secondary N) is 1. The normalized spacial score (nSPS) is 16.0. The second-order valence-corrected chi connectivity index (χ2v) is 9.07. The molecule has 0 aliphatic rings. The molecular weight excluding hydrogens is 373 g/mol. The third kappa shape index (κ3) is 4.94. The molecule has 7 heteroatoms. The van der Waals surface area contributed by atoms with Gasteiger partial charge < -0.3 is 9.29 Å². The smallest absolute Gasteiger partial charge is 0.307 e. The van der Waals surface area contributed by atoms with Crippen molar-refractivity contribution in [3.63, 3.8) is 0 Å². The van der Waals surface area contributed by atoms with E-state index in [1.807, 2.05) is 0 Å². The molecule has 22 heavy (non-hydrogen) atoms. The monoisotopic (exact) mass is 393 g/mol. The van der Waals surface area contributed by atoms with Gasteiger partial charge in [0.15, 0.2) is 0 Å². The summed E-state index contributed by atoms with van der Waals surface area (Å²) in [6, 6.07) is 4.44. The molecule has 124 valence electrons. The largest absolute Gasteiger partial charge is 0.598 e. The van der Waals surface area contributed by atoms with Crippen LogP contribution in [-0.2, 0) is 26.4 Å². The number of carbonyl (C=O) groups excluding carboxylic acids is 1. The second-order valence-electron chi connectivity index (χ2n) is 6.19. The minimum absolute atomic E-state index is 0.140. The first-order chi connectivity index (χ1) is 9.99. The van der Waals surface area contributed by atoms with Crippen molar-refractivity contribution in [2.75, 3.05) is 7.11 Å². The van der Waals surface area contributed by atoms with Gasteiger partial charge in [0, 0.05) is 21.4 Å². The number of hydrogen-bond acceptors (Lipinski definition) is 4. The van der Waals surface area contributed by atoms with Gasteiger partial charge in [-0.3, -0.25) is 4.79 Å². The van der Waals surface area contributed by atoms with Crippen molar-refractivity contribution >= 4 is 33.3 Å². The zero-order valence-corrected chi connectivity index (χ0v) is 15.7. The Bertz CT molecular complexity index is 550. The number of carbonyl (C=O) groups is 1. The molecule has 0 aliphatic heterocycles. The minimum atomic E-state index is -1.48. The van der Waals surface area contributed by atoms with E-state index in [0.29, 0.717) is 4.47 Å². The van der Waals surface area contributed by atoms with Crippen LogP contribution in [0.1, 0.15) is 39.7 Å². The Balaban J connectivity index is 3.27. The van der Waals surface area contributed by atoms with Crippen molar-refractivity contribution in [2.45, 2.75) is 44.4 Å². The lowest BCUT2D eigenvalue weighted by atomic mass is 9.89. The zero-order valence-electron chi connectivity index (χ0n) is 13.3. The van der Waals surface area contributed by atoms with E-state index in [1.165, 1.54) is 13.2 Å². The summed E-state index contributed by atoms with van der Waals surface area (Å²) in [7, 11) is 1.26. The van der Waals surface area contributed by atoms with Crippen LogP contribution in [0, 0.1) is 5.82 Å². The average Bonchev–Trinajstić information content (AvgIpc) is 2.40. The number of halogens is 2. The van der Waals surface area contributed by atoms with Gasteiger partial charge in [0.25, 0.3) is 0 Å². The first kappa shape index (κ1) is 19.4. The molecule has 0 spiro atoms. The first-order valence-electron chi connectivity index (χ1n) is 6.71. The van der Waals surface area contributed by atoms with Gasteiger partial charge in [-0.15, -0.1) is 4.72 Å². The molecule has 1 aromatic rings. The van der Waals surface area contributed by atoms with Gasteiger partial charge in [-0.05, 0) is 45.9 Å². The Hall–Kier alpha value is -0.630. The number of ether oxygens (including phenoxy) is 1. The highest BCUT2D eigenvalue weighted by atomic mass is 79.9. The topological polar surface area (TPSA) is 61.4 Å². The molecule has 0 aliphatic carbocycles. The van der Waals surface area contributed by atoms with Gasteiger partial charge in [-0.25, -0.2) is 4.39 Å². The van der Waals surface area contributed by atoms with Crippen molar-refractivity contribution in [1.29, 1.82) is 0 Å². The number of benzene rings is 1. The lowest BCUT2D eigenvalue weighted by molar-refractivity contribution is -0.142. The summed E-state index contributed by atoms with van der Waals surface area (Å²) in [6.45, 7) is 7.03. The van der Waals surface area contributed by atoms with Crippen LogP contribution in [-0.4, -0.2) is 22.4 Å². The van der Waals surface area contributed by atoms with Gasteiger partial charge in [-0.1, -0.05) is 15.9 Å². The molecule has 0 saturated carbocycles. The Morgan fingerprint density at radius 3 is 2.50 bits per heavy atom. The van der Waals surface area contributed by atoms with Crippen molar-refractivity contribution < 1.29 is 18.5 Å². The van der Waals surface area contributed by atoms with E-state index in [-0.39, 0.29) is 12.0 Å². The van der Waals surface area contributed by atoms with Gasteiger partial charge >= 0.3 is 5.97 Å². The van der Waals surface area contributed by atoms with Crippen LogP contribution < -0.4 is 4.72 Å². The Labute approximate surface area is 142 Å². The third-order valence-corrected chi connectivity index (χ3v) is 5.36. The lowest BCUT2D eigenvalue weighted by Gasteiger charge is -2.34. The van der Waals surface area contributed by atoms with E-state index in [1.54, 1.807) is 39.8 Å². The van der Waals surface area contributed by atoms with E-state index in [2.05, 4.69) is 20.7 Å². The summed E-state index contributed by atoms with van der Waals surface area (Å²) in [5, 5.41) is 0. The Morgan fingerprint density at radius 1 is 1.41 bits per heavy atom. The first-order valence-corrected chi connectivity index (χ1v) is 8.66. The number of hydrogen-bond donors (Lipinski definition) is 1. The average molecular weight is 394 g/mol. The van der Waals surface area contributed by atoms with Crippen LogP contribution in [0.2, 0.25) is 0 Å². The van der Waals surface area contributed by atoms with Gasteiger partial charge in [0.05, 0.1) is 19.1 Å². The SMILES string of the molecule is COC(=O)C[C@](C)(N[S@+]([O-])C(C)(C)C)c1cc(Br)ccc1F. The molecule has 0 amide bonds. The zero-order chi connectivity index (χ0) is 17.1. The Morgan fingerprint density at radius 2 is 2.00 bits per heavy atom. The highest BCUT2D eigenvalue weighted by Crippen LogP contribution is 2.32. The molecule has 0 fully saturated rings. The van der Waals surface area contributed by atoms with Crippen LogP contribution in [0.15, 0.2) is 22.7 Å². The molecule has 1 aromatic carbocycles. The summed E-state index contributed by atoms with van der Waals surface area (Å²) in [6.07, 6.45) is -0.140. The summed E-state index contributed by atoms with van der Waals surface area (Å²) in [5.41, 5.74) is -0.899. The minimum Gasteiger partial charge on any atom is -0.598 e. The van der Waals surface area contributed by atoms with E-state index < -0.39 is 33.4 Å². The maximum atomic E-state index is 14.3. The molecule has 0 saturated heterocycles. The summed E-state index contributed by atoms with van der Waals surface area (Å²) < 4.78 is 34.4.